The fourth-order valence-electron chi connectivity index (χ4n) is 8.45. The molecule has 0 aromatic heterocycles. The fraction of sp³-hybridized carbons (Fsp3) is 0.655. The molecule has 2 heteroatoms. The number of hydrogen-bond acceptors (Lipinski definition) is 0. The van der Waals surface area contributed by atoms with Gasteiger partial charge in [-0.05, 0) is 34.8 Å². The van der Waals surface area contributed by atoms with Crippen molar-refractivity contribution in [2.45, 2.75) is 94.7 Å². The topological polar surface area (TPSA) is 0 Å². The second-order valence-corrected chi connectivity index (χ2v) is 15.1. The summed E-state index contributed by atoms with van der Waals surface area (Å²) in [5, 5.41) is 1.83. The van der Waals surface area contributed by atoms with Crippen LogP contribution in [0.4, 0.5) is 0 Å². The predicted octanol–water partition coefficient (Wildman–Crippen LogP) is 8.71. The smallest absolute Gasteiger partial charge is 0.358 e. The molecule has 4 fully saturated rings. The van der Waals surface area contributed by atoms with Crippen LogP contribution in [0.15, 0.2) is 30.3 Å². The third-order valence-corrected chi connectivity index (χ3v) is 15.7. The molecule has 1 aromatic carbocycles. The van der Waals surface area contributed by atoms with Crippen LogP contribution in [-0.4, -0.2) is 8.07 Å². The van der Waals surface area contributed by atoms with Gasteiger partial charge in [-0.15, -0.1) is 0 Å². The van der Waals surface area contributed by atoms with Gasteiger partial charge in [-0.25, -0.2) is 0 Å². The monoisotopic (exact) mass is 516 g/mol. The Morgan fingerprint density at radius 1 is 0.581 bits per heavy atom. The average molecular weight is 518 g/mol. The molecule has 0 heterocycles. The van der Waals surface area contributed by atoms with Crippen molar-refractivity contribution in [3.8, 4) is 0 Å². The van der Waals surface area contributed by atoms with Crippen LogP contribution in [0.3, 0.4) is 0 Å². The van der Waals surface area contributed by atoms with E-state index in [-0.39, 0.29) is 55.9 Å². The van der Waals surface area contributed by atoms with Crippen molar-refractivity contribution in [1.29, 1.82) is 0 Å². The van der Waals surface area contributed by atoms with E-state index in [4.69, 9.17) is 0 Å². The number of fused-ring (bicyclic) bond motifs is 2. The third-order valence-electron chi connectivity index (χ3n) is 9.60. The average Bonchev–Trinajstić information content (AvgIpc) is 3.33. The SMILES string of the molecule is C[Si](c1ccccc1)(C1CCC2CCCCC21)C1CCC2CCCCC21.[CH3-].[CH3-].[CH3-].[CH3-].[Zr+4]. The van der Waals surface area contributed by atoms with E-state index in [1.807, 2.05) is 5.19 Å². The molecule has 6 unspecified atom stereocenters. The van der Waals surface area contributed by atoms with Crippen molar-refractivity contribution in [3.05, 3.63) is 60.0 Å². The first-order valence-electron chi connectivity index (χ1n) is 11.8. The molecule has 0 amide bonds. The van der Waals surface area contributed by atoms with Crippen LogP contribution < -0.4 is 5.19 Å². The maximum Gasteiger partial charge on any atom is 4.00 e. The van der Waals surface area contributed by atoms with Gasteiger partial charge in [-0.1, -0.05) is 119 Å². The molecule has 6 atom stereocenters. The molecule has 174 valence electrons. The standard InChI is InChI=1S/C25H38Si.4CH3.Zr/c1-26(21-11-3-2-4-12-21,24-17-15-19-9-5-7-13-22(19)24)25-18-16-20-10-6-8-14-23(20)25;;;;;/h2-4,11-12,19-20,22-25H,5-10,13-18H2,1H3;4*1H3;/q;4*-1;+4. The van der Waals surface area contributed by atoms with E-state index < -0.39 is 8.07 Å². The van der Waals surface area contributed by atoms with Gasteiger partial charge in [0.2, 0.25) is 0 Å². The third kappa shape index (κ3) is 5.53. The van der Waals surface area contributed by atoms with E-state index in [9.17, 15) is 0 Å². The number of rotatable bonds is 3. The van der Waals surface area contributed by atoms with Crippen molar-refractivity contribution in [2.24, 2.45) is 23.7 Å². The predicted molar refractivity (Wildman–Crippen MR) is 140 cm³/mol. The van der Waals surface area contributed by atoms with E-state index in [1.165, 1.54) is 25.7 Å². The Bertz CT molecular complexity index is 582. The maximum atomic E-state index is 2.87. The Kier molecular flexibility index (Phi) is 13.4. The largest absolute Gasteiger partial charge is 4.00 e. The molecule has 0 radical (unpaired) electrons. The van der Waals surface area contributed by atoms with Crippen molar-refractivity contribution >= 4 is 13.3 Å². The summed E-state index contributed by atoms with van der Waals surface area (Å²) in [6.07, 6.45) is 18.6. The van der Waals surface area contributed by atoms with Gasteiger partial charge in [0, 0.05) is 0 Å². The zero-order valence-corrected chi connectivity index (χ0v) is 24.8. The minimum Gasteiger partial charge on any atom is -0.358 e. The first kappa shape index (κ1) is 31.3. The molecule has 0 bridgehead atoms. The molecular weight excluding hydrogens is 468 g/mol. The second-order valence-electron chi connectivity index (χ2n) is 10.4. The molecule has 0 nitrogen and oxygen atoms in total. The Morgan fingerprint density at radius 2 is 1.00 bits per heavy atom. The van der Waals surface area contributed by atoms with Crippen molar-refractivity contribution in [3.63, 3.8) is 0 Å². The Hall–Kier alpha value is 0.320. The zero-order chi connectivity index (χ0) is 17.6. The van der Waals surface area contributed by atoms with Crippen LogP contribution >= 0.6 is 0 Å². The van der Waals surface area contributed by atoms with Crippen LogP contribution in [0.2, 0.25) is 17.6 Å². The summed E-state index contributed by atoms with van der Waals surface area (Å²) in [5.74, 6) is 4.35. The molecule has 4 aliphatic carbocycles. The molecule has 31 heavy (non-hydrogen) atoms. The van der Waals surface area contributed by atoms with Crippen LogP contribution in [0.1, 0.15) is 77.0 Å². The van der Waals surface area contributed by atoms with E-state index in [0.29, 0.717) is 0 Å². The summed E-state index contributed by atoms with van der Waals surface area (Å²) in [5.41, 5.74) is 2.17. The maximum absolute atomic E-state index is 2.87. The Balaban J connectivity index is 0.00000180. The van der Waals surface area contributed by atoms with E-state index in [1.54, 1.807) is 51.4 Å². The zero-order valence-electron chi connectivity index (χ0n) is 21.3. The molecule has 0 spiro atoms. The van der Waals surface area contributed by atoms with Gasteiger partial charge < -0.3 is 29.7 Å². The fourth-order valence-corrected chi connectivity index (χ4v) is 15.0. The summed E-state index contributed by atoms with van der Waals surface area (Å²) in [4.78, 5) is 0. The van der Waals surface area contributed by atoms with Gasteiger partial charge in [-0.3, -0.25) is 0 Å². The summed E-state index contributed by atoms with van der Waals surface area (Å²) in [7, 11) is -1.48. The van der Waals surface area contributed by atoms with Crippen LogP contribution in [0.25, 0.3) is 0 Å². The summed E-state index contributed by atoms with van der Waals surface area (Å²) < 4.78 is 0. The molecular formula is C29H50SiZr. The van der Waals surface area contributed by atoms with Crippen molar-refractivity contribution in [1.82, 2.24) is 0 Å². The van der Waals surface area contributed by atoms with Crippen LogP contribution in [0.5, 0.6) is 0 Å². The summed E-state index contributed by atoms with van der Waals surface area (Å²) in [6.45, 7) is 2.87. The van der Waals surface area contributed by atoms with Gasteiger partial charge in [-0.2, -0.15) is 0 Å². The Labute approximate surface area is 216 Å². The summed E-state index contributed by atoms with van der Waals surface area (Å²) >= 11 is 0. The van der Waals surface area contributed by atoms with Gasteiger partial charge >= 0.3 is 26.2 Å². The van der Waals surface area contributed by atoms with Gasteiger partial charge in [0.1, 0.15) is 0 Å². The minimum absolute atomic E-state index is 0. The van der Waals surface area contributed by atoms with E-state index in [0.717, 1.165) is 34.8 Å². The first-order chi connectivity index (χ1) is 12.8. The van der Waals surface area contributed by atoms with Crippen molar-refractivity contribution in [2.75, 3.05) is 0 Å². The molecule has 0 saturated heterocycles. The summed E-state index contributed by atoms with van der Waals surface area (Å²) in [6, 6.07) is 12.0. The van der Waals surface area contributed by atoms with Crippen molar-refractivity contribution < 1.29 is 26.2 Å². The Morgan fingerprint density at radius 3 is 1.45 bits per heavy atom. The normalized spacial score (nSPS) is 35.3. The van der Waals surface area contributed by atoms with E-state index >= 15 is 0 Å². The van der Waals surface area contributed by atoms with Gasteiger partial charge in [0.25, 0.3) is 0 Å². The van der Waals surface area contributed by atoms with Gasteiger partial charge in [0.15, 0.2) is 0 Å². The second kappa shape index (κ2) is 13.3. The molecule has 0 aliphatic heterocycles. The van der Waals surface area contributed by atoms with E-state index in [2.05, 4.69) is 36.9 Å². The number of hydrogen-bond donors (Lipinski definition) is 0. The molecule has 5 rings (SSSR count). The molecule has 4 aliphatic rings. The minimum atomic E-state index is -1.48. The number of benzene rings is 1. The molecule has 4 saturated carbocycles. The molecule has 1 aromatic rings. The van der Waals surface area contributed by atoms with Gasteiger partial charge in [0.05, 0.1) is 8.07 Å². The quantitative estimate of drug-likeness (QED) is 0.278. The van der Waals surface area contributed by atoms with Crippen LogP contribution in [-0.2, 0) is 26.2 Å². The molecule has 0 N–H and O–H groups in total. The first-order valence-corrected chi connectivity index (χ1v) is 14.5. The van der Waals surface area contributed by atoms with Crippen LogP contribution in [0, 0.1) is 53.4 Å².